The third-order valence-electron chi connectivity index (χ3n) is 12.9. The number of nitrogens with zero attached hydrogens (tertiary/aromatic N) is 1. The largest absolute Gasteiger partial charge is 0.455 e. The van der Waals surface area contributed by atoms with Gasteiger partial charge in [-0.2, -0.15) is 0 Å². The van der Waals surface area contributed by atoms with Crippen LogP contribution in [0.2, 0.25) is 0 Å². The number of hydrogen-bond acceptors (Lipinski definition) is 2. The Hall–Kier alpha value is -7.94. The summed E-state index contributed by atoms with van der Waals surface area (Å²) in [5.74, 6) is 0. The van der Waals surface area contributed by atoms with E-state index in [0.29, 0.717) is 16.9 Å². The van der Waals surface area contributed by atoms with Crippen molar-refractivity contribution in [2.45, 2.75) is 19.3 Å². The van der Waals surface area contributed by atoms with E-state index in [1.165, 1.54) is 22.3 Å². The number of anilines is 3. The van der Waals surface area contributed by atoms with Gasteiger partial charge < -0.3 is 9.32 Å². The van der Waals surface area contributed by atoms with Gasteiger partial charge in [-0.3, -0.25) is 0 Å². The second-order valence-corrected chi connectivity index (χ2v) is 16.9. The molecule has 0 N–H and O–H groups in total. The Kier molecular flexibility index (Phi) is 7.60. The van der Waals surface area contributed by atoms with E-state index in [-0.39, 0.29) is 40.8 Å². The van der Waals surface area contributed by atoms with Crippen molar-refractivity contribution < 1.29 is 9.90 Å². The van der Waals surface area contributed by atoms with E-state index < -0.39 is 0 Å². The molecule has 1 aromatic heterocycles. The smallest absolute Gasteiger partial charge is 0.143 e. The monoisotopic (exact) mass is 809 g/mol. The number of furan rings is 1. The molecule has 1 aliphatic carbocycles. The first-order valence-electron chi connectivity index (χ1n) is 23.5. The van der Waals surface area contributed by atoms with Gasteiger partial charge in [-0.25, -0.2) is 0 Å². The normalized spacial score (nSPS) is 13.6. The van der Waals surface area contributed by atoms with Crippen LogP contribution >= 0.6 is 0 Å². The highest BCUT2D eigenvalue weighted by Crippen LogP contribution is 2.52. The lowest BCUT2D eigenvalue weighted by atomic mass is 9.79. The van der Waals surface area contributed by atoms with E-state index in [1.54, 1.807) is 0 Å². The summed E-state index contributed by atoms with van der Waals surface area (Å²) >= 11 is 0. The van der Waals surface area contributed by atoms with Crippen molar-refractivity contribution in [1.29, 1.82) is 0 Å². The maximum Gasteiger partial charge on any atom is 0.143 e. The van der Waals surface area contributed by atoms with E-state index in [2.05, 4.69) is 105 Å². The second kappa shape index (κ2) is 14.6. The maximum atomic E-state index is 9.86. The Labute approximate surface area is 373 Å². The minimum atomic E-state index is -0.214. The predicted octanol–water partition coefficient (Wildman–Crippen LogP) is 17.2. The zero-order valence-electron chi connectivity index (χ0n) is 38.9. The molecule has 0 radical (unpaired) electrons. The van der Waals surface area contributed by atoms with Crippen LogP contribution in [0.4, 0.5) is 17.1 Å². The second-order valence-electron chi connectivity index (χ2n) is 16.9. The van der Waals surface area contributed by atoms with Crippen LogP contribution in [-0.2, 0) is 5.41 Å². The van der Waals surface area contributed by atoms with Gasteiger partial charge in [0.2, 0.25) is 0 Å². The molecule has 12 rings (SSSR count). The number of hydrogen-bond donors (Lipinski definition) is 0. The van der Waals surface area contributed by atoms with Gasteiger partial charge in [0.05, 0.1) is 11.2 Å². The summed E-state index contributed by atoms with van der Waals surface area (Å²) in [6, 6.07) is 67.4. The number of para-hydroxylation sites is 1. The third kappa shape index (κ3) is 6.02. The molecule has 1 heterocycles. The Balaban J connectivity index is 1.07. The summed E-state index contributed by atoms with van der Waals surface area (Å²) in [6.07, 6.45) is 0. The van der Waals surface area contributed by atoms with Crippen LogP contribution in [0, 0.1) is 0 Å². The van der Waals surface area contributed by atoms with Gasteiger partial charge in [0.1, 0.15) is 11.2 Å². The van der Waals surface area contributed by atoms with E-state index >= 15 is 0 Å². The Bertz CT molecular complexity index is 3750. The van der Waals surface area contributed by atoms with Crippen molar-refractivity contribution in [1.82, 2.24) is 0 Å². The van der Waals surface area contributed by atoms with Gasteiger partial charge in [0, 0.05) is 38.5 Å². The molecule has 0 aliphatic heterocycles. The van der Waals surface area contributed by atoms with Crippen molar-refractivity contribution in [3.63, 3.8) is 0 Å². The topological polar surface area (TPSA) is 16.4 Å². The average molecular weight is 810 g/mol. The highest BCUT2D eigenvalue weighted by Gasteiger charge is 2.37. The minimum absolute atomic E-state index is 0.114. The van der Waals surface area contributed by atoms with E-state index in [4.69, 9.17) is 4.42 Å². The van der Waals surface area contributed by atoms with Crippen molar-refractivity contribution in [3.8, 4) is 55.6 Å². The summed E-state index contributed by atoms with van der Waals surface area (Å²) in [7, 11) is 0. The van der Waals surface area contributed by atoms with Crippen molar-refractivity contribution in [2.75, 3.05) is 4.90 Å². The molecule has 11 aromatic rings. The quantitative estimate of drug-likeness (QED) is 0.159. The fraction of sp³-hybridized carbons (Fsp3) is 0.0492. The zero-order chi connectivity index (χ0) is 45.6. The lowest BCUT2D eigenvalue weighted by molar-refractivity contribution is 0.662. The number of rotatable bonds is 7. The third-order valence-corrected chi connectivity index (χ3v) is 12.9. The average Bonchev–Trinajstić information content (AvgIpc) is 3.88. The maximum absolute atomic E-state index is 9.86. The van der Waals surface area contributed by atoms with Crippen molar-refractivity contribution in [2.24, 2.45) is 0 Å². The Morgan fingerprint density at radius 1 is 0.429 bits per heavy atom. The molecule has 298 valence electrons. The molecule has 63 heavy (non-hydrogen) atoms. The van der Waals surface area contributed by atoms with Gasteiger partial charge in [-0.05, 0) is 115 Å². The molecule has 1 aliphatic rings. The van der Waals surface area contributed by atoms with Crippen LogP contribution in [0.25, 0.3) is 88.3 Å². The first-order valence-corrected chi connectivity index (χ1v) is 21.5. The van der Waals surface area contributed by atoms with Crippen LogP contribution in [0.1, 0.15) is 30.5 Å². The molecular weight excluding hydrogens is 763 g/mol. The summed E-state index contributed by atoms with van der Waals surface area (Å²) in [5.41, 5.74) is 14.8. The predicted molar refractivity (Wildman–Crippen MR) is 265 cm³/mol. The molecule has 0 unspecified atom stereocenters. The molecule has 10 aromatic carbocycles. The SMILES string of the molecule is [2H]c1c([2H])c(N(c2ccc(-c3cccc4c3C(C)(C)c3ccccc3-4)cc2)c2ccccc2-c2cccc3oc4c5ccccc5ccc4c23)c([2H])c([2H])c1-c1cccc(-c2ccccc2)c1. The fourth-order valence-corrected chi connectivity index (χ4v) is 9.99. The highest BCUT2D eigenvalue weighted by atomic mass is 16.3. The summed E-state index contributed by atoms with van der Waals surface area (Å²) in [4.78, 5) is 1.91. The molecule has 0 amide bonds. The molecule has 0 spiro atoms. The van der Waals surface area contributed by atoms with Crippen LogP contribution < -0.4 is 4.90 Å². The zero-order valence-corrected chi connectivity index (χ0v) is 34.9. The standard InChI is InChI=1S/C61H43NO/c1-61(2)55-26-10-8-21-50(55)53-25-13-23-48(59(53)61)43-31-36-47(37-32-43)62(46-34-29-41(30-35-46)45-19-12-18-44(39-45)40-15-4-3-5-16-40)56-27-11-9-22-51(56)52-24-14-28-57-58(52)54-38-33-42-17-6-7-20-49(42)60(54)63-57/h3-39H,1-2H3/i29D,30D,34D,35D. The lowest BCUT2D eigenvalue weighted by Gasteiger charge is -2.29. The van der Waals surface area contributed by atoms with Crippen molar-refractivity contribution in [3.05, 3.63) is 235 Å². The Morgan fingerprint density at radius 3 is 1.90 bits per heavy atom. The molecule has 0 atom stereocenters. The van der Waals surface area contributed by atoms with Gasteiger partial charge >= 0.3 is 0 Å². The van der Waals surface area contributed by atoms with Gasteiger partial charge in [-0.1, -0.05) is 190 Å². The van der Waals surface area contributed by atoms with Crippen LogP contribution in [0.15, 0.2) is 229 Å². The molecule has 0 fully saturated rings. The minimum Gasteiger partial charge on any atom is -0.455 e. The summed E-state index contributed by atoms with van der Waals surface area (Å²) in [5, 5.41) is 4.08. The van der Waals surface area contributed by atoms with E-state index in [9.17, 15) is 5.48 Å². The molecular formula is C61H43NO. The van der Waals surface area contributed by atoms with Crippen LogP contribution in [-0.4, -0.2) is 0 Å². The number of fused-ring (bicyclic) bond motifs is 8. The van der Waals surface area contributed by atoms with Gasteiger partial charge in [0.25, 0.3) is 0 Å². The summed E-state index contributed by atoms with van der Waals surface area (Å²) < 4.78 is 45.7. The van der Waals surface area contributed by atoms with Gasteiger partial charge in [0.15, 0.2) is 0 Å². The molecule has 2 nitrogen and oxygen atoms in total. The molecule has 0 saturated heterocycles. The van der Waals surface area contributed by atoms with Crippen LogP contribution in [0.5, 0.6) is 0 Å². The van der Waals surface area contributed by atoms with Crippen molar-refractivity contribution >= 4 is 49.8 Å². The first-order chi connectivity index (χ1) is 32.7. The van der Waals surface area contributed by atoms with Gasteiger partial charge in [-0.15, -0.1) is 0 Å². The number of benzene rings is 10. The van der Waals surface area contributed by atoms with E-state index in [1.807, 2.05) is 114 Å². The fourth-order valence-electron chi connectivity index (χ4n) is 9.99. The summed E-state index contributed by atoms with van der Waals surface area (Å²) in [6.45, 7) is 4.59. The van der Waals surface area contributed by atoms with Crippen LogP contribution in [0.3, 0.4) is 0 Å². The molecule has 2 heteroatoms. The highest BCUT2D eigenvalue weighted by molar-refractivity contribution is 6.19. The lowest BCUT2D eigenvalue weighted by Crippen LogP contribution is -2.16. The van der Waals surface area contributed by atoms with E-state index in [0.717, 1.165) is 66.1 Å². The molecule has 0 bridgehead atoms. The Morgan fingerprint density at radius 2 is 1.06 bits per heavy atom. The first kappa shape index (κ1) is 32.8. The molecule has 0 saturated carbocycles.